The van der Waals surface area contributed by atoms with E-state index in [0.717, 1.165) is 13.2 Å². The van der Waals surface area contributed by atoms with E-state index >= 15 is 0 Å². The van der Waals surface area contributed by atoms with Gasteiger partial charge >= 0.3 is 5.97 Å². The van der Waals surface area contributed by atoms with Crippen molar-refractivity contribution in [2.45, 2.75) is 32.2 Å². The highest BCUT2D eigenvalue weighted by Crippen LogP contribution is 2.23. The molecular weight excluding hydrogens is 291 g/mol. The van der Waals surface area contributed by atoms with Gasteiger partial charge in [0, 0.05) is 12.1 Å². The largest absolute Gasteiger partial charge is 0.465 e. The van der Waals surface area contributed by atoms with Crippen molar-refractivity contribution in [2.24, 2.45) is 0 Å². The predicted molar refractivity (Wildman–Crippen MR) is 76.9 cm³/mol. The number of halogens is 1. The molecule has 1 aromatic rings. The van der Waals surface area contributed by atoms with Crippen LogP contribution >= 0.6 is 0 Å². The van der Waals surface area contributed by atoms with Crippen LogP contribution in [0.3, 0.4) is 0 Å². The van der Waals surface area contributed by atoms with E-state index in [-0.39, 0.29) is 17.0 Å². The van der Waals surface area contributed by atoms with Crippen LogP contribution in [0.5, 0.6) is 0 Å². The van der Waals surface area contributed by atoms with Crippen molar-refractivity contribution in [3.05, 3.63) is 29.1 Å². The van der Waals surface area contributed by atoms with Crippen molar-refractivity contribution in [1.29, 1.82) is 0 Å². The van der Waals surface area contributed by atoms with Gasteiger partial charge in [-0.05, 0) is 37.5 Å². The summed E-state index contributed by atoms with van der Waals surface area (Å²) in [5.41, 5.74) is 0.377. The van der Waals surface area contributed by atoms with Crippen LogP contribution in [0.15, 0.2) is 12.1 Å². The molecule has 22 heavy (non-hydrogen) atoms. The summed E-state index contributed by atoms with van der Waals surface area (Å²) in [5.74, 6) is -2.08. The number of rotatable bonds is 3. The van der Waals surface area contributed by atoms with E-state index in [4.69, 9.17) is 0 Å². The fourth-order valence-corrected chi connectivity index (χ4v) is 2.39. The van der Waals surface area contributed by atoms with Gasteiger partial charge in [-0.15, -0.1) is 0 Å². The smallest absolute Gasteiger partial charge is 0.341 e. The second-order valence-electron chi connectivity index (χ2n) is 5.09. The predicted octanol–water partition coefficient (Wildman–Crippen LogP) is 1.53. The van der Waals surface area contributed by atoms with E-state index in [1.165, 1.54) is 13.0 Å². The lowest BCUT2D eigenvalue weighted by Crippen LogP contribution is -2.46. The van der Waals surface area contributed by atoms with Gasteiger partial charge in [0.25, 0.3) is 0 Å². The highest BCUT2D eigenvalue weighted by Gasteiger charge is 2.26. The van der Waals surface area contributed by atoms with Crippen LogP contribution in [-0.4, -0.2) is 30.9 Å². The van der Waals surface area contributed by atoms with E-state index < -0.39 is 23.7 Å². The molecule has 2 rings (SSSR count). The Morgan fingerprint density at radius 2 is 2.14 bits per heavy atom. The number of amides is 2. The monoisotopic (exact) mass is 308 g/mol. The maximum Gasteiger partial charge on any atom is 0.341 e. The zero-order valence-electron chi connectivity index (χ0n) is 12.4. The average Bonchev–Trinajstić information content (AvgIpc) is 2.49. The Labute approximate surface area is 127 Å². The molecule has 0 spiro atoms. The molecule has 0 aliphatic carbocycles. The summed E-state index contributed by atoms with van der Waals surface area (Å²) in [4.78, 5) is 35.1. The maximum atomic E-state index is 13.7. The Morgan fingerprint density at radius 3 is 2.77 bits per heavy atom. The Bertz CT molecular complexity index is 630. The number of carbonyl (C=O) groups is 3. The lowest BCUT2D eigenvalue weighted by atomic mass is 10.0. The molecule has 0 bridgehead atoms. The van der Waals surface area contributed by atoms with Gasteiger partial charge in [-0.2, -0.15) is 0 Å². The number of piperidine rings is 1. The second-order valence-corrected chi connectivity index (χ2v) is 5.09. The fraction of sp³-hybridized carbons (Fsp3) is 0.400. The van der Waals surface area contributed by atoms with Crippen LogP contribution in [-0.2, 0) is 14.3 Å². The van der Waals surface area contributed by atoms with Gasteiger partial charge in [0.05, 0.1) is 7.11 Å². The third kappa shape index (κ3) is 3.24. The van der Waals surface area contributed by atoms with Gasteiger partial charge in [-0.1, -0.05) is 0 Å². The second kappa shape index (κ2) is 6.55. The SMILES string of the molecule is COC(=O)c1c(F)ccc(NC(=O)[C@H]2CCCC(=O)N2)c1C. The first-order chi connectivity index (χ1) is 10.4. The summed E-state index contributed by atoms with van der Waals surface area (Å²) in [5, 5.41) is 5.22. The highest BCUT2D eigenvalue weighted by molar-refractivity contribution is 6.00. The lowest BCUT2D eigenvalue weighted by molar-refractivity contribution is -0.128. The minimum absolute atomic E-state index is 0.169. The van der Waals surface area contributed by atoms with Crippen LogP contribution < -0.4 is 10.6 Å². The van der Waals surface area contributed by atoms with E-state index in [2.05, 4.69) is 15.4 Å². The van der Waals surface area contributed by atoms with Crippen molar-refractivity contribution in [3.8, 4) is 0 Å². The summed E-state index contributed by atoms with van der Waals surface area (Å²) in [6, 6.07) is 1.85. The van der Waals surface area contributed by atoms with Crippen LogP contribution in [0.1, 0.15) is 35.2 Å². The zero-order chi connectivity index (χ0) is 16.3. The number of hydrogen-bond acceptors (Lipinski definition) is 4. The number of benzene rings is 1. The third-order valence-electron chi connectivity index (χ3n) is 3.61. The Kier molecular flexibility index (Phi) is 4.75. The Morgan fingerprint density at radius 1 is 1.41 bits per heavy atom. The van der Waals surface area contributed by atoms with Crippen LogP contribution in [0.25, 0.3) is 0 Å². The summed E-state index contributed by atoms with van der Waals surface area (Å²) in [7, 11) is 1.16. The first kappa shape index (κ1) is 15.9. The van der Waals surface area contributed by atoms with Crippen molar-refractivity contribution >= 4 is 23.5 Å². The molecule has 1 saturated heterocycles. The van der Waals surface area contributed by atoms with E-state index in [9.17, 15) is 18.8 Å². The van der Waals surface area contributed by atoms with E-state index in [1.54, 1.807) is 0 Å². The van der Waals surface area contributed by atoms with Crippen LogP contribution in [0, 0.1) is 12.7 Å². The van der Waals surface area contributed by atoms with E-state index in [1.807, 2.05) is 0 Å². The molecule has 0 unspecified atom stereocenters. The number of anilines is 1. The Hall–Kier alpha value is -2.44. The quantitative estimate of drug-likeness (QED) is 0.829. The van der Waals surface area contributed by atoms with Gasteiger partial charge in [0.1, 0.15) is 17.4 Å². The molecule has 1 aliphatic heterocycles. The molecule has 118 valence electrons. The first-order valence-corrected chi connectivity index (χ1v) is 6.91. The molecule has 7 heteroatoms. The molecule has 1 fully saturated rings. The van der Waals surface area contributed by atoms with Crippen LogP contribution in [0.2, 0.25) is 0 Å². The van der Waals surface area contributed by atoms with Gasteiger partial charge in [-0.25, -0.2) is 9.18 Å². The zero-order valence-corrected chi connectivity index (χ0v) is 12.4. The van der Waals surface area contributed by atoms with Gasteiger partial charge in [0.15, 0.2) is 0 Å². The maximum absolute atomic E-state index is 13.7. The first-order valence-electron chi connectivity index (χ1n) is 6.91. The van der Waals surface area contributed by atoms with Crippen molar-refractivity contribution in [3.63, 3.8) is 0 Å². The molecule has 0 aromatic heterocycles. The number of hydrogen-bond donors (Lipinski definition) is 2. The fourth-order valence-electron chi connectivity index (χ4n) is 2.39. The molecule has 0 saturated carbocycles. The number of esters is 1. The van der Waals surface area contributed by atoms with Gasteiger partial charge in [-0.3, -0.25) is 9.59 Å². The van der Waals surface area contributed by atoms with Gasteiger partial charge in [0.2, 0.25) is 11.8 Å². The molecule has 1 aromatic carbocycles. The Balaban J connectivity index is 2.21. The molecule has 2 amide bonds. The van der Waals surface area contributed by atoms with Gasteiger partial charge < -0.3 is 15.4 Å². The molecule has 2 N–H and O–H groups in total. The van der Waals surface area contributed by atoms with Crippen molar-refractivity contribution in [2.75, 3.05) is 12.4 Å². The third-order valence-corrected chi connectivity index (χ3v) is 3.61. The summed E-state index contributed by atoms with van der Waals surface area (Å²) >= 11 is 0. The molecular formula is C15H17FN2O4. The lowest BCUT2D eigenvalue weighted by Gasteiger charge is -2.23. The molecule has 1 aliphatic rings. The molecule has 6 nitrogen and oxygen atoms in total. The standard InChI is InChI=1S/C15H17FN2O4/c1-8-10(7-6-9(16)13(8)15(21)22-2)18-14(20)11-4-3-5-12(19)17-11/h6-7,11H,3-5H2,1-2H3,(H,17,19)(H,18,20)/t11-/m1/s1. The minimum atomic E-state index is -0.808. The van der Waals surface area contributed by atoms with E-state index in [0.29, 0.717) is 24.9 Å². The number of carbonyl (C=O) groups excluding carboxylic acids is 3. The summed E-state index contributed by atoms with van der Waals surface area (Å²) in [6.45, 7) is 1.52. The summed E-state index contributed by atoms with van der Waals surface area (Å²) < 4.78 is 18.3. The normalized spacial score (nSPS) is 17.6. The highest BCUT2D eigenvalue weighted by atomic mass is 19.1. The number of nitrogens with one attached hydrogen (secondary N) is 2. The minimum Gasteiger partial charge on any atom is -0.465 e. The van der Waals surface area contributed by atoms with Crippen molar-refractivity contribution in [1.82, 2.24) is 5.32 Å². The molecule has 1 atom stereocenters. The molecule has 0 radical (unpaired) electrons. The average molecular weight is 308 g/mol. The number of ether oxygens (including phenoxy) is 1. The number of methoxy groups -OCH3 is 1. The summed E-state index contributed by atoms with van der Waals surface area (Å²) in [6.07, 6.45) is 1.59. The van der Waals surface area contributed by atoms with Crippen LogP contribution in [0.4, 0.5) is 10.1 Å². The van der Waals surface area contributed by atoms with Crippen molar-refractivity contribution < 1.29 is 23.5 Å². The topological polar surface area (TPSA) is 84.5 Å². The molecule has 1 heterocycles.